The Morgan fingerprint density at radius 1 is 1.33 bits per heavy atom. The molecule has 0 radical (unpaired) electrons. The van der Waals surface area contributed by atoms with Gasteiger partial charge in [0.05, 0.1) is 6.42 Å². The SMILES string of the molecule is CC(C)Cn1ncnc1CC(=O)c1ccccc1CCN. The van der Waals surface area contributed by atoms with Gasteiger partial charge in [-0.25, -0.2) is 9.67 Å². The fourth-order valence-corrected chi connectivity index (χ4v) is 2.33. The Morgan fingerprint density at radius 2 is 2.10 bits per heavy atom. The second-order valence-corrected chi connectivity index (χ2v) is 5.55. The second-order valence-electron chi connectivity index (χ2n) is 5.55. The van der Waals surface area contributed by atoms with Crippen LogP contribution in [0.25, 0.3) is 0 Å². The minimum absolute atomic E-state index is 0.0667. The van der Waals surface area contributed by atoms with Crippen LogP contribution in [0.1, 0.15) is 35.6 Å². The number of carbonyl (C=O) groups excluding carboxylic acids is 1. The monoisotopic (exact) mass is 286 g/mol. The lowest BCUT2D eigenvalue weighted by atomic mass is 9.99. The van der Waals surface area contributed by atoms with Crippen molar-refractivity contribution < 1.29 is 4.79 Å². The number of aromatic nitrogens is 3. The normalized spacial score (nSPS) is 11.0. The number of rotatable bonds is 7. The molecule has 1 aromatic carbocycles. The van der Waals surface area contributed by atoms with Crippen molar-refractivity contribution >= 4 is 5.78 Å². The van der Waals surface area contributed by atoms with Crippen LogP contribution in [0.3, 0.4) is 0 Å². The molecular formula is C16H22N4O. The predicted molar refractivity (Wildman–Crippen MR) is 82.1 cm³/mol. The van der Waals surface area contributed by atoms with Crippen LogP contribution in [0.4, 0.5) is 0 Å². The molecule has 0 amide bonds. The van der Waals surface area contributed by atoms with Crippen LogP contribution in [0.15, 0.2) is 30.6 Å². The summed E-state index contributed by atoms with van der Waals surface area (Å²) in [4.78, 5) is 16.7. The van der Waals surface area contributed by atoms with Gasteiger partial charge < -0.3 is 5.73 Å². The first-order valence-corrected chi connectivity index (χ1v) is 7.29. The third-order valence-electron chi connectivity index (χ3n) is 3.28. The lowest BCUT2D eigenvalue weighted by Gasteiger charge is -2.10. The third kappa shape index (κ3) is 3.98. The Labute approximate surface area is 125 Å². The van der Waals surface area contributed by atoms with Gasteiger partial charge in [0.2, 0.25) is 0 Å². The molecule has 1 heterocycles. The van der Waals surface area contributed by atoms with Crippen molar-refractivity contribution in [3.05, 3.63) is 47.5 Å². The zero-order chi connectivity index (χ0) is 15.2. The Bertz CT molecular complexity index is 604. The maximum absolute atomic E-state index is 12.5. The first kappa shape index (κ1) is 15.4. The van der Waals surface area contributed by atoms with E-state index in [1.807, 2.05) is 28.9 Å². The summed E-state index contributed by atoms with van der Waals surface area (Å²) in [7, 11) is 0. The van der Waals surface area contributed by atoms with Crippen LogP contribution >= 0.6 is 0 Å². The molecule has 0 unspecified atom stereocenters. The van der Waals surface area contributed by atoms with Crippen molar-refractivity contribution in [1.82, 2.24) is 14.8 Å². The van der Waals surface area contributed by atoms with E-state index >= 15 is 0 Å². The number of hydrogen-bond donors (Lipinski definition) is 1. The highest BCUT2D eigenvalue weighted by Crippen LogP contribution is 2.13. The fraction of sp³-hybridized carbons (Fsp3) is 0.438. The largest absolute Gasteiger partial charge is 0.330 e. The summed E-state index contributed by atoms with van der Waals surface area (Å²) in [5.74, 6) is 1.25. The van der Waals surface area contributed by atoms with E-state index in [0.29, 0.717) is 18.9 Å². The summed E-state index contributed by atoms with van der Waals surface area (Å²) in [6.07, 6.45) is 2.49. The molecule has 112 valence electrons. The summed E-state index contributed by atoms with van der Waals surface area (Å²) in [6, 6.07) is 7.63. The van der Waals surface area contributed by atoms with Crippen molar-refractivity contribution in [3.8, 4) is 0 Å². The van der Waals surface area contributed by atoms with Crippen molar-refractivity contribution in [2.75, 3.05) is 6.54 Å². The number of Topliss-reactive ketones (excluding diaryl/α,β-unsaturated/α-hetero) is 1. The van der Waals surface area contributed by atoms with Gasteiger partial charge in [0.15, 0.2) is 5.78 Å². The van der Waals surface area contributed by atoms with Crippen LogP contribution in [0.2, 0.25) is 0 Å². The standard InChI is InChI=1S/C16H22N4O/c1-12(2)10-20-16(18-11-19-20)9-15(21)14-6-4-3-5-13(14)7-8-17/h3-6,11-12H,7-10,17H2,1-2H3. The van der Waals surface area contributed by atoms with Gasteiger partial charge in [0.25, 0.3) is 0 Å². The minimum Gasteiger partial charge on any atom is -0.330 e. The first-order valence-electron chi connectivity index (χ1n) is 7.29. The van der Waals surface area contributed by atoms with Crippen LogP contribution in [-0.4, -0.2) is 27.1 Å². The zero-order valence-corrected chi connectivity index (χ0v) is 12.6. The summed E-state index contributed by atoms with van der Waals surface area (Å²) in [5, 5.41) is 4.20. The quantitative estimate of drug-likeness (QED) is 0.788. The number of ketones is 1. The van der Waals surface area contributed by atoms with Crippen molar-refractivity contribution in [2.45, 2.75) is 33.2 Å². The molecule has 0 fully saturated rings. The molecule has 5 nitrogen and oxygen atoms in total. The maximum atomic E-state index is 12.5. The molecule has 0 saturated carbocycles. The second kappa shape index (κ2) is 7.13. The molecule has 5 heteroatoms. The van der Waals surface area contributed by atoms with E-state index in [1.54, 1.807) is 0 Å². The number of nitrogens with zero attached hydrogens (tertiary/aromatic N) is 3. The van der Waals surface area contributed by atoms with Gasteiger partial charge in [-0.1, -0.05) is 38.1 Å². The van der Waals surface area contributed by atoms with Crippen molar-refractivity contribution in [3.63, 3.8) is 0 Å². The topological polar surface area (TPSA) is 73.8 Å². The molecule has 0 aliphatic heterocycles. The fourth-order valence-electron chi connectivity index (χ4n) is 2.33. The number of nitrogens with two attached hydrogens (primary N) is 1. The molecule has 0 spiro atoms. The van der Waals surface area contributed by atoms with Crippen molar-refractivity contribution in [2.24, 2.45) is 11.7 Å². The van der Waals surface area contributed by atoms with Gasteiger partial charge in [0.1, 0.15) is 12.2 Å². The van der Waals surface area contributed by atoms with Crippen LogP contribution in [0, 0.1) is 5.92 Å². The van der Waals surface area contributed by atoms with E-state index in [4.69, 9.17) is 5.73 Å². The molecular weight excluding hydrogens is 264 g/mol. The van der Waals surface area contributed by atoms with E-state index in [9.17, 15) is 4.79 Å². The predicted octanol–water partition coefficient (Wildman–Crippen LogP) is 1.86. The molecule has 21 heavy (non-hydrogen) atoms. The zero-order valence-electron chi connectivity index (χ0n) is 12.6. The van der Waals surface area contributed by atoms with Gasteiger partial charge in [-0.3, -0.25) is 4.79 Å². The molecule has 2 rings (SSSR count). The summed E-state index contributed by atoms with van der Waals surface area (Å²) in [6.45, 7) is 5.54. The average Bonchev–Trinajstić information content (AvgIpc) is 2.86. The van der Waals surface area contributed by atoms with E-state index in [1.165, 1.54) is 6.33 Å². The highest BCUT2D eigenvalue weighted by Gasteiger charge is 2.15. The number of hydrogen-bond acceptors (Lipinski definition) is 4. The van der Waals surface area contributed by atoms with E-state index < -0.39 is 0 Å². The molecule has 0 bridgehead atoms. The molecule has 0 saturated heterocycles. The average molecular weight is 286 g/mol. The lowest BCUT2D eigenvalue weighted by molar-refractivity contribution is 0.0988. The molecule has 0 aliphatic carbocycles. The van der Waals surface area contributed by atoms with E-state index in [-0.39, 0.29) is 12.2 Å². The van der Waals surface area contributed by atoms with Gasteiger partial charge in [0, 0.05) is 12.1 Å². The van der Waals surface area contributed by atoms with Crippen molar-refractivity contribution in [1.29, 1.82) is 0 Å². The highest BCUT2D eigenvalue weighted by atomic mass is 16.1. The van der Waals surface area contributed by atoms with E-state index in [2.05, 4.69) is 23.9 Å². The Hall–Kier alpha value is -2.01. The maximum Gasteiger partial charge on any atom is 0.170 e. The van der Waals surface area contributed by atoms with Gasteiger partial charge in [-0.05, 0) is 24.4 Å². The molecule has 0 aliphatic rings. The van der Waals surface area contributed by atoms with E-state index in [0.717, 1.165) is 23.5 Å². The van der Waals surface area contributed by atoms with Gasteiger partial charge in [-0.2, -0.15) is 5.10 Å². The lowest BCUT2D eigenvalue weighted by Crippen LogP contribution is -2.16. The minimum atomic E-state index is 0.0667. The summed E-state index contributed by atoms with van der Waals surface area (Å²) in [5.41, 5.74) is 7.34. The summed E-state index contributed by atoms with van der Waals surface area (Å²) < 4.78 is 1.81. The summed E-state index contributed by atoms with van der Waals surface area (Å²) >= 11 is 0. The highest BCUT2D eigenvalue weighted by molar-refractivity contribution is 5.98. The van der Waals surface area contributed by atoms with Crippen LogP contribution in [-0.2, 0) is 19.4 Å². The first-order chi connectivity index (χ1) is 10.1. The number of benzene rings is 1. The van der Waals surface area contributed by atoms with Crippen LogP contribution in [0.5, 0.6) is 0 Å². The Morgan fingerprint density at radius 3 is 2.81 bits per heavy atom. The Balaban J connectivity index is 2.17. The Kier molecular flexibility index (Phi) is 5.22. The van der Waals surface area contributed by atoms with Crippen LogP contribution < -0.4 is 5.73 Å². The molecule has 1 aromatic heterocycles. The third-order valence-corrected chi connectivity index (χ3v) is 3.28. The molecule has 2 N–H and O–H groups in total. The number of carbonyl (C=O) groups is 1. The smallest absolute Gasteiger partial charge is 0.170 e. The molecule has 0 atom stereocenters. The molecule has 2 aromatic rings. The van der Waals surface area contributed by atoms with Gasteiger partial charge >= 0.3 is 0 Å². The van der Waals surface area contributed by atoms with Gasteiger partial charge in [-0.15, -0.1) is 0 Å².